The molecular weight excluding hydrogens is 650 g/mol. The second kappa shape index (κ2) is 17.2. The summed E-state index contributed by atoms with van der Waals surface area (Å²) in [7, 11) is 1.61. The molecular formula is C34H47N7O9. The van der Waals surface area contributed by atoms with Crippen molar-refractivity contribution < 1.29 is 38.3 Å². The van der Waals surface area contributed by atoms with Crippen LogP contribution in [0, 0.1) is 10.1 Å². The summed E-state index contributed by atoms with van der Waals surface area (Å²) in [5, 5.41) is 20.7. The monoisotopic (exact) mass is 697 g/mol. The Morgan fingerprint density at radius 2 is 1.88 bits per heavy atom. The zero-order chi connectivity index (χ0) is 36.4. The minimum absolute atomic E-state index is 0.00183. The second-order valence-electron chi connectivity index (χ2n) is 13.3. The number of hydrogen-bond donors (Lipinski definition) is 4. The first kappa shape index (κ1) is 38.0. The molecule has 2 atom stereocenters. The molecule has 16 nitrogen and oxygen atoms in total. The Bertz CT molecular complexity index is 1560. The molecule has 2 heterocycles. The summed E-state index contributed by atoms with van der Waals surface area (Å²) in [6.07, 6.45) is 1.41. The summed E-state index contributed by atoms with van der Waals surface area (Å²) in [5.41, 5.74) is 5.30. The van der Waals surface area contributed by atoms with Gasteiger partial charge in [0, 0.05) is 55.8 Å². The van der Waals surface area contributed by atoms with E-state index in [2.05, 4.69) is 16.0 Å². The van der Waals surface area contributed by atoms with Crippen molar-refractivity contribution in [2.75, 3.05) is 40.0 Å². The minimum Gasteiger partial charge on any atom is -0.454 e. The SMILES string of the molecule is CN[C@@H](CCCCN)C(=O)NC(=O)c1ccc(CN(Cc2ccc3c(c2)OCO3)C(=O)CC2CN(C(=O)OC(C)(C)C)CCN2)c([N+](=O)[O-])c1. The molecule has 0 saturated carbocycles. The van der Waals surface area contributed by atoms with Gasteiger partial charge in [-0.3, -0.25) is 29.8 Å². The maximum atomic E-state index is 13.9. The van der Waals surface area contributed by atoms with E-state index in [0.717, 1.165) is 12.5 Å². The number of carbonyl (C=O) groups is 4. The van der Waals surface area contributed by atoms with Crippen LogP contribution in [0.2, 0.25) is 0 Å². The van der Waals surface area contributed by atoms with Gasteiger partial charge in [0.25, 0.3) is 11.6 Å². The van der Waals surface area contributed by atoms with Crippen molar-refractivity contribution in [3.8, 4) is 11.5 Å². The van der Waals surface area contributed by atoms with Crippen molar-refractivity contribution in [2.24, 2.45) is 5.73 Å². The largest absolute Gasteiger partial charge is 0.454 e. The fourth-order valence-corrected chi connectivity index (χ4v) is 5.67. The molecule has 2 aromatic carbocycles. The number of piperazine rings is 1. The molecule has 4 rings (SSSR count). The van der Waals surface area contributed by atoms with Gasteiger partial charge in [0.1, 0.15) is 5.60 Å². The molecule has 0 aliphatic carbocycles. The lowest BCUT2D eigenvalue weighted by atomic mass is 10.1. The lowest BCUT2D eigenvalue weighted by Gasteiger charge is -2.35. The number of imide groups is 1. The Hall–Kier alpha value is -4.80. The van der Waals surface area contributed by atoms with Crippen molar-refractivity contribution in [1.82, 2.24) is 25.8 Å². The van der Waals surface area contributed by atoms with Crippen molar-refractivity contribution >= 4 is 29.5 Å². The maximum Gasteiger partial charge on any atom is 0.410 e. The van der Waals surface area contributed by atoms with Gasteiger partial charge in [0.05, 0.1) is 17.5 Å². The van der Waals surface area contributed by atoms with E-state index in [-0.39, 0.29) is 55.6 Å². The number of fused-ring (bicyclic) bond motifs is 1. The zero-order valence-electron chi connectivity index (χ0n) is 29.0. The van der Waals surface area contributed by atoms with E-state index in [1.165, 1.54) is 17.0 Å². The van der Waals surface area contributed by atoms with Crippen molar-refractivity contribution in [3.63, 3.8) is 0 Å². The number of nitro benzene ring substituents is 1. The molecule has 5 N–H and O–H groups in total. The fraction of sp³-hybridized carbons (Fsp3) is 0.529. The van der Waals surface area contributed by atoms with Gasteiger partial charge in [-0.25, -0.2) is 4.79 Å². The molecule has 2 aromatic rings. The van der Waals surface area contributed by atoms with Crippen LogP contribution in [0.5, 0.6) is 11.5 Å². The molecule has 0 aromatic heterocycles. The average Bonchev–Trinajstić information content (AvgIpc) is 3.54. The molecule has 50 heavy (non-hydrogen) atoms. The van der Waals surface area contributed by atoms with Crippen molar-refractivity contribution in [1.29, 1.82) is 0 Å². The first-order chi connectivity index (χ1) is 23.8. The Labute approximate surface area is 291 Å². The van der Waals surface area contributed by atoms with Crippen molar-refractivity contribution in [3.05, 3.63) is 63.2 Å². The number of carbonyl (C=O) groups excluding carboxylic acids is 4. The third-order valence-corrected chi connectivity index (χ3v) is 8.25. The van der Waals surface area contributed by atoms with Crippen LogP contribution in [0.4, 0.5) is 10.5 Å². The summed E-state index contributed by atoms with van der Waals surface area (Å²) in [5.74, 6) is -0.564. The van der Waals surface area contributed by atoms with E-state index in [1.54, 1.807) is 50.9 Å². The van der Waals surface area contributed by atoms with E-state index in [1.807, 2.05) is 0 Å². The molecule has 2 aliphatic rings. The second-order valence-corrected chi connectivity index (χ2v) is 13.3. The topological polar surface area (TPSA) is 208 Å². The number of unbranched alkanes of at least 4 members (excludes halogenated alkanes) is 1. The van der Waals surface area contributed by atoms with Crippen LogP contribution in [-0.2, 0) is 27.4 Å². The molecule has 16 heteroatoms. The Morgan fingerprint density at radius 3 is 2.58 bits per heavy atom. The smallest absolute Gasteiger partial charge is 0.410 e. The number of benzene rings is 2. The standard InChI is InChI=1S/C34H47N7O9/c1-34(2,3)50-33(45)39-14-13-37-25(20-39)17-30(42)40(18-22-8-11-28-29(15-22)49-21-48-28)19-24-10-9-23(16-27(24)41(46)47)31(43)38-32(44)26(36-4)7-5-6-12-35/h8-11,15-16,25-26,36-37H,5-7,12-14,17-21,35H2,1-4H3,(H,38,43,44)/t25?,26-/m0/s1. The normalized spacial score (nSPS) is 16.0. The van der Waals surface area contributed by atoms with Crippen LogP contribution in [-0.4, -0.2) is 96.2 Å². The molecule has 0 radical (unpaired) electrons. The summed E-state index contributed by atoms with van der Waals surface area (Å²) < 4.78 is 16.4. The van der Waals surface area contributed by atoms with E-state index >= 15 is 0 Å². The number of nitrogens with one attached hydrogen (secondary N) is 3. The number of nitrogens with two attached hydrogens (primary N) is 1. The van der Waals surface area contributed by atoms with Gasteiger partial charge in [-0.1, -0.05) is 12.5 Å². The lowest BCUT2D eigenvalue weighted by Crippen LogP contribution is -2.54. The molecule has 0 spiro atoms. The molecule has 1 unspecified atom stereocenters. The van der Waals surface area contributed by atoms with Gasteiger partial charge in [0.15, 0.2) is 11.5 Å². The van der Waals surface area contributed by atoms with Crippen LogP contribution in [0.15, 0.2) is 36.4 Å². The van der Waals surface area contributed by atoms with Gasteiger partial charge >= 0.3 is 6.09 Å². The quantitative estimate of drug-likeness (QED) is 0.128. The zero-order valence-corrected chi connectivity index (χ0v) is 29.0. The molecule has 0 bridgehead atoms. The highest BCUT2D eigenvalue weighted by Crippen LogP contribution is 2.33. The van der Waals surface area contributed by atoms with Crippen molar-refractivity contribution in [2.45, 2.75) is 77.2 Å². The first-order valence-electron chi connectivity index (χ1n) is 16.7. The third kappa shape index (κ3) is 10.6. The maximum absolute atomic E-state index is 13.9. The molecule has 2 aliphatic heterocycles. The number of nitrogens with zero attached hydrogens (tertiary/aromatic N) is 3. The van der Waals surface area contributed by atoms with E-state index in [9.17, 15) is 29.3 Å². The highest BCUT2D eigenvalue weighted by Gasteiger charge is 2.31. The van der Waals surface area contributed by atoms with Gasteiger partial charge in [-0.2, -0.15) is 0 Å². The summed E-state index contributed by atoms with van der Waals surface area (Å²) in [6, 6.07) is 8.14. The summed E-state index contributed by atoms with van der Waals surface area (Å²) >= 11 is 0. The number of likely N-dealkylation sites (N-methyl/N-ethyl adjacent to an activating group) is 1. The highest BCUT2D eigenvalue weighted by atomic mass is 16.7. The Balaban J connectivity index is 1.53. The van der Waals surface area contributed by atoms with Gasteiger partial charge < -0.3 is 40.4 Å². The molecule has 1 saturated heterocycles. The predicted molar refractivity (Wildman–Crippen MR) is 182 cm³/mol. The van der Waals surface area contributed by atoms with Crippen LogP contribution < -0.4 is 31.2 Å². The number of rotatable bonds is 14. The summed E-state index contributed by atoms with van der Waals surface area (Å²) in [4.78, 5) is 67.1. The third-order valence-electron chi connectivity index (χ3n) is 8.25. The first-order valence-corrected chi connectivity index (χ1v) is 16.7. The van der Waals surface area contributed by atoms with E-state index in [4.69, 9.17) is 19.9 Å². The molecule has 272 valence electrons. The van der Waals surface area contributed by atoms with Gasteiger partial charge in [-0.05, 0) is 77.0 Å². The van der Waals surface area contributed by atoms with Crippen LogP contribution in [0.25, 0.3) is 0 Å². The lowest BCUT2D eigenvalue weighted by molar-refractivity contribution is -0.385. The van der Waals surface area contributed by atoms with Crippen LogP contribution in [0.1, 0.15) is 67.9 Å². The molecule has 1 fully saturated rings. The van der Waals surface area contributed by atoms with Gasteiger partial charge in [-0.15, -0.1) is 0 Å². The summed E-state index contributed by atoms with van der Waals surface area (Å²) in [6.45, 7) is 6.95. The Kier molecular flexibility index (Phi) is 13.1. The minimum atomic E-state index is -0.782. The Morgan fingerprint density at radius 1 is 1.12 bits per heavy atom. The van der Waals surface area contributed by atoms with E-state index < -0.39 is 40.5 Å². The number of hydrogen-bond acceptors (Lipinski definition) is 12. The fourth-order valence-electron chi connectivity index (χ4n) is 5.67. The molecule has 4 amide bonds. The van der Waals surface area contributed by atoms with Gasteiger partial charge in [0.2, 0.25) is 18.6 Å². The van der Waals surface area contributed by atoms with Crippen LogP contribution >= 0.6 is 0 Å². The average molecular weight is 698 g/mol. The number of ether oxygens (including phenoxy) is 3. The number of amides is 4. The predicted octanol–water partition coefficient (Wildman–Crippen LogP) is 2.42. The van der Waals surface area contributed by atoms with Crippen LogP contribution in [0.3, 0.4) is 0 Å². The highest BCUT2D eigenvalue weighted by molar-refractivity contribution is 6.06. The number of nitro groups is 1. The van der Waals surface area contributed by atoms with E-state index in [0.29, 0.717) is 49.5 Å².